The minimum Gasteiger partial charge on any atom is -0.457 e. The predicted molar refractivity (Wildman–Crippen MR) is 121 cm³/mol. The van der Waals surface area contributed by atoms with Crippen molar-refractivity contribution >= 4 is 48.8 Å². The first-order valence-corrected chi connectivity index (χ1v) is 10.5. The van der Waals surface area contributed by atoms with Crippen LogP contribution in [0.5, 0.6) is 17.2 Å². The SMILES string of the molecule is Cc1oc2cc(OC(=O)c3ccccc3Br)ccc2c(=O)c1Oc1ccccc1Br. The normalized spacial score (nSPS) is 10.8. The number of benzene rings is 3. The zero-order valence-corrected chi connectivity index (χ0v) is 18.8. The van der Waals surface area contributed by atoms with Crippen molar-refractivity contribution in [2.75, 3.05) is 0 Å². The highest BCUT2D eigenvalue weighted by molar-refractivity contribution is 9.10. The fourth-order valence-electron chi connectivity index (χ4n) is 2.88. The number of rotatable bonds is 4. The van der Waals surface area contributed by atoms with Gasteiger partial charge in [-0.1, -0.05) is 24.3 Å². The van der Waals surface area contributed by atoms with Gasteiger partial charge in [-0.05, 0) is 75.2 Å². The number of esters is 1. The van der Waals surface area contributed by atoms with E-state index in [0.29, 0.717) is 32.5 Å². The zero-order chi connectivity index (χ0) is 21.3. The highest BCUT2D eigenvalue weighted by atomic mass is 79.9. The van der Waals surface area contributed by atoms with Gasteiger partial charge in [-0.25, -0.2) is 4.79 Å². The smallest absolute Gasteiger partial charge is 0.344 e. The summed E-state index contributed by atoms with van der Waals surface area (Å²) in [4.78, 5) is 25.4. The molecule has 0 aliphatic heterocycles. The number of carbonyl (C=O) groups excluding carboxylic acids is 1. The Kier molecular flexibility index (Phi) is 5.74. The Morgan fingerprint density at radius 1 is 0.933 bits per heavy atom. The summed E-state index contributed by atoms with van der Waals surface area (Å²) >= 11 is 6.73. The van der Waals surface area contributed by atoms with Crippen molar-refractivity contribution in [1.82, 2.24) is 0 Å². The lowest BCUT2D eigenvalue weighted by atomic mass is 10.2. The Bertz CT molecular complexity index is 1330. The van der Waals surface area contributed by atoms with Crippen molar-refractivity contribution in [3.63, 3.8) is 0 Å². The molecule has 0 bridgehead atoms. The van der Waals surface area contributed by atoms with Crippen LogP contribution < -0.4 is 14.9 Å². The molecule has 4 aromatic rings. The van der Waals surface area contributed by atoms with Crippen LogP contribution in [0, 0.1) is 6.92 Å². The maximum Gasteiger partial charge on any atom is 0.344 e. The van der Waals surface area contributed by atoms with Gasteiger partial charge < -0.3 is 13.9 Å². The van der Waals surface area contributed by atoms with Gasteiger partial charge in [0.15, 0.2) is 0 Å². The van der Waals surface area contributed by atoms with Gasteiger partial charge in [-0.2, -0.15) is 0 Å². The Morgan fingerprint density at radius 2 is 1.63 bits per heavy atom. The summed E-state index contributed by atoms with van der Waals surface area (Å²) in [6, 6.07) is 18.8. The van der Waals surface area contributed by atoms with Crippen molar-refractivity contribution in [1.29, 1.82) is 0 Å². The number of fused-ring (bicyclic) bond motifs is 1. The van der Waals surface area contributed by atoms with Gasteiger partial charge in [0.25, 0.3) is 0 Å². The Balaban J connectivity index is 1.68. The summed E-state index contributed by atoms with van der Waals surface area (Å²) in [7, 11) is 0. The minimum atomic E-state index is -0.519. The lowest BCUT2D eigenvalue weighted by Gasteiger charge is -2.11. The van der Waals surface area contributed by atoms with Gasteiger partial charge in [0.1, 0.15) is 22.8 Å². The molecule has 0 saturated carbocycles. The molecule has 0 fully saturated rings. The second-order valence-electron chi connectivity index (χ2n) is 6.38. The molecule has 3 aromatic carbocycles. The average Bonchev–Trinajstić information content (AvgIpc) is 2.72. The molecular weight excluding hydrogens is 516 g/mol. The monoisotopic (exact) mass is 528 g/mol. The molecule has 30 heavy (non-hydrogen) atoms. The standard InChI is InChI=1S/C23H14Br2O5/c1-13-22(30-19-9-5-4-8-18(19)25)21(26)16-11-10-14(12-20(16)28-13)29-23(27)15-6-2-3-7-17(15)24/h2-12H,1H3. The van der Waals surface area contributed by atoms with Gasteiger partial charge in [-0.15, -0.1) is 0 Å². The number of para-hydroxylation sites is 1. The van der Waals surface area contributed by atoms with E-state index < -0.39 is 5.97 Å². The molecule has 0 amide bonds. The molecule has 0 spiro atoms. The third-order valence-corrected chi connectivity index (χ3v) is 5.69. The molecule has 4 rings (SSSR count). The van der Waals surface area contributed by atoms with Crippen molar-refractivity contribution in [2.45, 2.75) is 6.92 Å². The van der Waals surface area contributed by atoms with Crippen LogP contribution in [0.3, 0.4) is 0 Å². The summed E-state index contributed by atoms with van der Waals surface area (Å²) in [6.45, 7) is 1.65. The van der Waals surface area contributed by atoms with Crippen LogP contribution in [0.25, 0.3) is 11.0 Å². The number of hydrogen-bond donors (Lipinski definition) is 0. The van der Waals surface area contributed by atoms with Crippen molar-refractivity contribution < 1.29 is 18.7 Å². The van der Waals surface area contributed by atoms with Gasteiger partial charge in [0, 0.05) is 10.5 Å². The van der Waals surface area contributed by atoms with Crippen molar-refractivity contribution in [2.24, 2.45) is 0 Å². The second-order valence-corrected chi connectivity index (χ2v) is 8.08. The summed E-state index contributed by atoms with van der Waals surface area (Å²) in [5.41, 5.74) is 0.384. The third kappa shape index (κ3) is 4.04. The molecule has 0 radical (unpaired) electrons. The first kappa shape index (κ1) is 20.4. The van der Waals surface area contributed by atoms with E-state index in [9.17, 15) is 9.59 Å². The highest BCUT2D eigenvalue weighted by Crippen LogP contribution is 2.31. The van der Waals surface area contributed by atoms with Gasteiger partial charge in [0.05, 0.1) is 15.4 Å². The van der Waals surface area contributed by atoms with E-state index in [-0.39, 0.29) is 16.9 Å². The second kappa shape index (κ2) is 8.45. The zero-order valence-electron chi connectivity index (χ0n) is 15.6. The average molecular weight is 530 g/mol. The van der Waals surface area contributed by atoms with E-state index in [1.807, 2.05) is 24.3 Å². The van der Waals surface area contributed by atoms with E-state index in [0.717, 1.165) is 4.47 Å². The Hall–Kier alpha value is -2.90. The van der Waals surface area contributed by atoms with E-state index in [2.05, 4.69) is 31.9 Å². The van der Waals surface area contributed by atoms with E-state index >= 15 is 0 Å². The van der Waals surface area contributed by atoms with Crippen LogP contribution in [0.2, 0.25) is 0 Å². The van der Waals surface area contributed by atoms with Crippen LogP contribution in [0.15, 0.2) is 84.9 Å². The Labute approximate surface area is 188 Å². The fraction of sp³-hybridized carbons (Fsp3) is 0.0435. The maximum atomic E-state index is 13.0. The summed E-state index contributed by atoms with van der Waals surface area (Å²) in [5, 5.41) is 0.323. The first-order valence-electron chi connectivity index (χ1n) is 8.90. The summed E-state index contributed by atoms with van der Waals surface area (Å²) in [6.07, 6.45) is 0. The van der Waals surface area contributed by atoms with Crippen LogP contribution in [-0.2, 0) is 0 Å². The molecule has 0 unspecified atom stereocenters. The van der Waals surface area contributed by atoms with Crippen molar-refractivity contribution in [3.8, 4) is 17.2 Å². The number of ether oxygens (including phenoxy) is 2. The molecule has 0 aliphatic rings. The van der Waals surface area contributed by atoms with Crippen LogP contribution in [0.4, 0.5) is 0 Å². The highest BCUT2D eigenvalue weighted by Gasteiger charge is 2.17. The summed E-state index contributed by atoms with van der Waals surface area (Å²) in [5.74, 6) is 0.677. The maximum absolute atomic E-state index is 13.0. The fourth-order valence-corrected chi connectivity index (χ4v) is 3.69. The molecular formula is C23H14Br2O5. The topological polar surface area (TPSA) is 65.7 Å². The molecule has 5 nitrogen and oxygen atoms in total. The molecule has 1 heterocycles. The summed E-state index contributed by atoms with van der Waals surface area (Å²) < 4.78 is 18.4. The van der Waals surface area contributed by atoms with Crippen molar-refractivity contribution in [3.05, 3.63) is 97.2 Å². The van der Waals surface area contributed by atoms with Crippen LogP contribution >= 0.6 is 31.9 Å². The first-order chi connectivity index (χ1) is 14.4. The quantitative estimate of drug-likeness (QED) is 0.219. The van der Waals surface area contributed by atoms with E-state index in [4.69, 9.17) is 13.9 Å². The lowest BCUT2D eigenvalue weighted by molar-refractivity contribution is 0.0734. The van der Waals surface area contributed by atoms with Gasteiger partial charge in [0.2, 0.25) is 11.2 Å². The molecule has 0 N–H and O–H groups in total. The molecule has 1 aromatic heterocycles. The minimum absolute atomic E-state index is 0.104. The molecule has 0 atom stereocenters. The van der Waals surface area contributed by atoms with E-state index in [1.54, 1.807) is 43.3 Å². The number of hydrogen-bond acceptors (Lipinski definition) is 5. The van der Waals surface area contributed by atoms with Crippen LogP contribution in [-0.4, -0.2) is 5.97 Å². The van der Waals surface area contributed by atoms with Gasteiger partial charge >= 0.3 is 5.97 Å². The number of aryl methyl sites for hydroxylation is 1. The molecule has 0 saturated heterocycles. The third-order valence-electron chi connectivity index (χ3n) is 4.34. The molecule has 0 aliphatic carbocycles. The largest absolute Gasteiger partial charge is 0.457 e. The van der Waals surface area contributed by atoms with E-state index in [1.165, 1.54) is 6.07 Å². The van der Waals surface area contributed by atoms with Crippen LogP contribution in [0.1, 0.15) is 16.1 Å². The van der Waals surface area contributed by atoms with Gasteiger partial charge in [-0.3, -0.25) is 4.79 Å². The lowest BCUT2D eigenvalue weighted by Crippen LogP contribution is -2.10. The Morgan fingerprint density at radius 3 is 2.37 bits per heavy atom. The number of carbonyl (C=O) groups is 1. The molecule has 7 heteroatoms. The number of halogens is 2. The predicted octanol–water partition coefficient (Wildman–Crippen LogP) is 6.64. The molecule has 150 valence electrons.